The molecule has 1 fully saturated rings. The Hall–Kier alpha value is -2.60. The fourth-order valence-corrected chi connectivity index (χ4v) is 2.72. The smallest absolute Gasteiger partial charge is 0.298 e. The Balaban J connectivity index is 1.84. The molecule has 1 aromatic carbocycles. The van der Waals surface area contributed by atoms with Crippen LogP contribution in [0.3, 0.4) is 0 Å². The van der Waals surface area contributed by atoms with Gasteiger partial charge in [0.25, 0.3) is 11.1 Å². The molecule has 1 aliphatic heterocycles. The summed E-state index contributed by atoms with van der Waals surface area (Å²) in [6.45, 7) is 0. The maximum Gasteiger partial charge on any atom is 0.298 e. The van der Waals surface area contributed by atoms with E-state index in [0.717, 1.165) is 16.7 Å². The van der Waals surface area contributed by atoms with E-state index in [4.69, 9.17) is 4.42 Å². The van der Waals surface area contributed by atoms with Gasteiger partial charge in [-0.05, 0) is 48.2 Å². The first kappa shape index (κ1) is 14.3. The van der Waals surface area contributed by atoms with E-state index in [9.17, 15) is 14.0 Å². The number of carbonyl (C=O) groups is 2. The summed E-state index contributed by atoms with van der Waals surface area (Å²) >= 11 is 0.773. The molecular weight excluding hydrogens is 305 g/mol. The van der Waals surface area contributed by atoms with Crippen molar-refractivity contribution in [1.82, 2.24) is 0 Å². The number of rotatable bonds is 3. The monoisotopic (exact) mass is 315 g/mol. The lowest BCUT2D eigenvalue weighted by Crippen LogP contribution is -2.28. The molecule has 6 heteroatoms. The Kier molecular flexibility index (Phi) is 3.93. The molecule has 0 N–H and O–H groups in total. The topological polar surface area (TPSA) is 50.5 Å². The van der Waals surface area contributed by atoms with E-state index >= 15 is 0 Å². The molecule has 0 atom stereocenters. The summed E-state index contributed by atoms with van der Waals surface area (Å²) in [6, 6.07) is 9.18. The lowest BCUT2D eigenvalue weighted by Gasteiger charge is -2.12. The summed E-state index contributed by atoms with van der Waals surface area (Å²) in [5.41, 5.74) is -0.0385. The van der Waals surface area contributed by atoms with Crippen LogP contribution in [0.4, 0.5) is 14.9 Å². The molecule has 0 aliphatic carbocycles. The van der Waals surface area contributed by atoms with Crippen molar-refractivity contribution in [2.75, 3.05) is 4.90 Å². The molecule has 1 saturated heterocycles. The van der Waals surface area contributed by atoms with Crippen LogP contribution in [0.5, 0.6) is 0 Å². The van der Waals surface area contributed by atoms with Crippen LogP contribution in [-0.4, -0.2) is 11.1 Å². The van der Waals surface area contributed by atoms with Crippen LogP contribution in [0.15, 0.2) is 64.1 Å². The van der Waals surface area contributed by atoms with Crippen LogP contribution in [0.25, 0.3) is 6.08 Å². The van der Waals surface area contributed by atoms with Crippen molar-refractivity contribution in [3.05, 3.63) is 71.3 Å². The largest absolute Gasteiger partial charge is 0.465 e. The highest BCUT2D eigenvalue weighted by molar-refractivity contribution is 8.18. The van der Waals surface area contributed by atoms with Gasteiger partial charge in [-0.25, -0.2) is 9.29 Å². The number of nitrogens with zero attached hydrogens (tertiary/aromatic N) is 1. The van der Waals surface area contributed by atoms with Crippen molar-refractivity contribution in [1.29, 1.82) is 0 Å². The number of carbonyl (C=O) groups excluding carboxylic acids is 2. The highest BCUT2D eigenvalue weighted by Gasteiger charge is 2.37. The lowest BCUT2D eigenvalue weighted by molar-refractivity contribution is -0.113. The van der Waals surface area contributed by atoms with Crippen molar-refractivity contribution in [2.24, 2.45) is 0 Å². The molecule has 22 heavy (non-hydrogen) atoms. The quantitative estimate of drug-likeness (QED) is 0.796. The number of hydrogen-bond acceptors (Lipinski definition) is 4. The van der Waals surface area contributed by atoms with Crippen LogP contribution in [0, 0.1) is 5.82 Å². The Bertz CT molecular complexity index is 780. The zero-order valence-electron chi connectivity index (χ0n) is 11.2. The van der Waals surface area contributed by atoms with Gasteiger partial charge in [-0.15, -0.1) is 0 Å². The molecule has 0 radical (unpaired) electrons. The zero-order chi connectivity index (χ0) is 15.5. The summed E-state index contributed by atoms with van der Waals surface area (Å²) in [5, 5.41) is -0.521. The highest BCUT2D eigenvalue weighted by Crippen LogP contribution is 2.35. The maximum atomic E-state index is 13.8. The van der Waals surface area contributed by atoms with E-state index in [1.807, 2.05) is 0 Å². The van der Waals surface area contributed by atoms with E-state index < -0.39 is 17.0 Å². The second-order valence-electron chi connectivity index (χ2n) is 4.37. The third kappa shape index (κ3) is 2.73. The van der Waals surface area contributed by atoms with Gasteiger partial charge in [-0.2, -0.15) is 0 Å². The van der Waals surface area contributed by atoms with Gasteiger partial charge < -0.3 is 4.42 Å². The van der Waals surface area contributed by atoms with E-state index in [1.54, 1.807) is 30.4 Å². The predicted molar refractivity (Wildman–Crippen MR) is 82.7 cm³/mol. The number of anilines is 1. The van der Waals surface area contributed by atoms with Crippen LogP contribution in [-0.2, 0) is 4.79 Å². The normalized spacial score (nSPS) is 17.1. The Morgan fingerprint density at radius 1 is 1.14 bits per heavy atom. The standard InChI is InChI=1S/C16H10FNO3S/c17-12-7-1-2-8-13(12)18-15(19)14(22-16(18)20)9-3-5-11-6-4-10-21-11/h1-10H/b5-3+,14-9+. The van der Waals surface area contributed by atoms with Crippen molar-refractivity contribution in [3.8, 4) is 0 Å². The first-order chi connectivity index (χ1) is 10.7. The van der Waals surface area contributed by atoms with Gasteiger partial charge in [0, 0.05) is 0 Å². The minimum absolute atomic E-state index is 0.0385. The number of para-hydroxylation sites is 1. The van der Waals surface area contributed by atoms with Crippen LogP contribution >= 0.6 is 11.8 Å². The fourth-order valence-electron chi connectivity index (χ4n) is 1.94. The van der Waals surface area contributed by atoms with Gasteiger partial charge in [0.05, 0.1) is 16.9 Å². The third-order valence-corrected chi connectivity index (χ3v) is 3.83. The molecule has 4 nitrogen and oxygen atoms in total. The minimum Gasteiger partial charge on any atom is -0.465 e. The van der Waals surface area contributed by atoms with E-state index in [0.29, 0.717) is 5.76 Å². The van der Waals surface area contributed by atoms with Crippen molar-refractivity contribution in [2.45, 2.75) is 0 Å². The second kappa shape index (κ2) is 6.03. The van der Waals surface area contributed by atoms with Gasteiger partial charge in [-0.1, -0.05) is 18.2 Å². The summed E-state index contributed by atoms with van der Waals surface area (Å²) < 4.78 is 18.9. The summed E-state index contributed by atoms with van der Waals surface area (Å²) in [4.78, 5) is 25.3. The van der Waals surface area contributed by atoms with E-state index in [-0.39, 0.29) is 10.6 Å². The first-order valence-electron chi connectivity index (χ1n) is 6.39. The fraction of sp³-hybridized carbons (Fsp3) is 0. The maximum absolute atomic E-state index is 13.8. The summed E-state index contributed by atoms with van der Waals surface area (Å²) in [5.74, 6) is -0.522. The van der Waals surface area contributed by atoms with E-state index in [1.165, 1.54) is 30.5 Å². The molecule has 1 aromatic heterocycles. The molecule has 2 heterocycles. The highest BCUT2D eigenvalue weighted by atomic mass is 32.2. The van der Waals surface area contributed by atoms with Gasteiger partial charge >= 0.3 is 0 Å². The first-order valence-corrected chi connectivity index (χ1v) is 7.21. The predicted octanol–water partition coefficient (Wildman–Crippen LogP) is 4.22. The molecule has 0 spiro atoms. The number of thioether (sulfide) groups is 1. The molecular formula is C16H10FNO3S. The molecule has 2 amide bonds. The van der Waals surface area contributed by atoms with Gasteiger partial charge in [0.1, 0.15) is 11.6 Å². The van der Waals surface area contributed by atoms with Crippen molar-refractivity contribution in [3.63, 3.8) is 0 Å². The zero-order valence-corrected chi connectivity index (χ0v) is 12.0. The lowest BCUT2D eigenvalue weighted by atomic mass is 10.2. The Labute approximate surface area is 129 Å². The van der Waals surface area contributed by atoms with Crippen molar-refractivity contribution >= 4 is 34.7 Å². The van der Waals surface area contributed by atoms with Crippen LogP contribution in [0.1, 0.15) is 5.76 Å². The number of benzene rings is 1. The van der Waals surface area contributed by atoms with Crippen LogP contribution in [0.2, 0.25) is 0 Å². The molecule has 3 rings (SSSR count). The number of imide groups is 1. The molecule has 2 aromatic rings. The van der Waals surface area contributed by atoms with E-state index in [2.05, 4.69) is 0 Å². The number of amides is 2. The molecule has 0 saturated carbocycles. The number of halogens is 1. The second-order valence-corrected chi connectivity index (χ2v) is 5.36. The van der Waals surface area contributed by atoms with Gasteiger partial charge in [0.2, 0.25) is 0 Å². The van der Waals surface area contributed by atoms with Gasteiger partial charge in [0.15, 0.2) is 0 Å². The SMILES string of the molecule is O=C1S/C(=C/C=C/c2ccco2)C(=O)N1c1ccccc1F. The summed E-state index contributed by atoms with van der Waals surface area (Å²) in [6.07, 6.45) is 6.31. The molecule has 1 aliphatic rings. The molecule has 0 unspecified atom stereocenters. The number of allylic oxidation sites excluding steroid dienone is 2. The molecule has 0 bridgehead atoms. The third-order valence-electron chi connectivity index (χ3n) is 2.94. The Morgan fingerprint density at radius 3 is 2.68 bits per heavy atom. The average molecular weight is 315 g/mol. The number of hydrogen-bond donors (Lipinski definition) is 0. The number of furan rings is 1. The molecule has 110 valence electrons. The average Bonchev–Trinajstić information content (AvgIpc) is 3.10. The minimum atomic E-state index is -0.614. The van der Waals surface area contributed by atoms with Gasteiger partial charge in [-0.3, -0.25) is 9.59 Å². The van der Waals surface area contributed by atoms with Crippen LogP contribution < -0.4 is 4.90 Å². The Morgan fingerprint density at radius 2 is 1.95 bits per heavy atom. The summed E-state index contributed by atoms with van der Waals surface area (Å²) in [7, 11) is 0. The van der Waals surface area contributed by atoms with Crippen molar-refractivity contribution < 1.29 is 18.4 Å².